The molecule has 1 aromatic heterocycles. The number of aromatic nitrogens is 2. The van der Waals surface area contributed by atoms with Crippen LogP contribution >= 0.6 is 11.3 Å². The van der Waals surface area contributed by atoms with E-state index in [4.69, 9.17) is 0 Å². The molecular formula is C13H23N3S. The highest BCUT2D eigenvalue weighted by Crippen LogP contribution is 2.39. The van der Waals surface area contributed by atoms with Crippen molar-refractivity contribution in [2.45, 2.75) is 46.5 Å². The zero-order chi connectivity index (χ0) is 12.3. The maximum Gasteiger partial charge on any atom is 0.205 e. The molecule has 0 aliphatic heterocycles. The van der Waals surface area contributed by atoms with Crippen molar-refractivity contribution < 1.29 is 0 Å². The maximum atomic E-state index is 4.01. The van der Waals surface area contributed by atoms with Gasteiger partial charge in [0.25, 0.3) is 0 Å². The maximum absolute atomic E-state index is 4.01. The van der Waals surface area contributed by atoms with E-state index in [0.29, 0.717) is 5.41 Å². The molecule has 1 saturated carbocycles. The number of hydrogen-bond donors (Lipinski definition) is 1. The zero-order valence-electron chi connectivity index (χ0n) is 11.1. The van der Waals surface area contributed by atoms with E-state index in [9.17, 15) is 0 Å². The van der Waals surface area contributed by atoms with Crippen molar-refractivity contribution in [3.63, 3.8) is 0 Å². The van der Waals surface area contributed by atoms with E-state index >= 15 is 0 Å². The molecular weight excluding hydrogens is 230 g/mol. The van der Waals surface area contributed by atoms with Gasteiger partial charge < -0.3 is 5.32 Å². The number of nitrogens with one attached hydrogen (secondary N) is 1. The van der Waals surface area contributed by atoms with Gasteiger partial charge in [-0.2, -0.15) is 0 Å². The summed E-state index contributed by atoms with van der Waals surface area (Å²) in [6.45, 7) is 8.18. The molecule has 1 fully saturated rings. The fourth-order valence-corrected chi connectivity index (χ4v) is 3.17. The van der Waals surface area contributed by atoms with E-state index in [1.165, 1.54) is 25.7 Å². The van der Waals surface area contributed by atoms with Crippen LogP contribution in [-0.4, -0.2) is 16.7 Å². The summed E-state index contributed by atoms with van der Waals surface area (Å²) in [7, 11) is 0. The van der Waals surface area contributed by atoms with Crippen molar-refractivity contribution in [1.82, 2.24) is 10.2 Å². The molecule has 0 amide bonds. The molecule has 0 unspecified atom stereocenters. The van der Waals surface area contributed by atoms with Gasteiger partial charge in [0.15, 0.2) is 0 Å². The van der Waals surface area contributed by atoms with Gasteiger partial charge in [0, 0.05) is 6.54 Å². The summed E-state index contributed by atoms with van der Waals surface area (Å²) in [5, 5.41) is 12.2. The summed E-state index contributed by atoms with van der Waals surface area (Å²) in [4.78, 5) is 0. The average Bonchev–Trinajstić information content (AvgIpc) is 2.78. The minimum absolute atomic E-state index is 0.484. The quantitative estimate of drug-likeness (QED) is 0.890. The second-order valence-corrected chi connectivity index (χ2v) is 7.04. The number of nitrogens with zero attached hydrogens (tertiary/aromatic N) is 2. The molecule has 0 atom stereocenters. The first-order chi connectivity index (χ1) is 8.05. The number of rotatable bonds is 3. The van der Waals surface area contributed by atoms with Crippen LogP contribution in [0.5, 0.6) is 0 Å². The van der Waals surface area contributed by atoms with Crippen molar-refractivity contribution in [3.05, 3.63) is 5.51 Å². The molecule has 1 aliphatic rings. The highest BCUT2D eigenvalue weighted by molar-refractivity contribution is 7.13. The average molecular weight is 253 g/mol. The molecule has 2 rings (SSSR count). The van der Waals surface area contributed by atoms with Gasteiger partial charge in [0.1, 0.15) is 5.51 Å². The minimum atomic E-state index is 0.484. The van der Waals surface area contributed by atoms with Crippen LogP contribution < -0.4 is 5.32 Å². The Labute approximate surface area is 108 Å². The third-order valence-corrected chi connectivity index (χ3v) is 4.62. The Morgan fingerprint density at radius 1 is 1.29 bits per heavy atom. The molecule has 0 bridgehead atoms. The summed E-state index contributed by atoms with van der Waals surface area (Å²) in [6, 6.07) is 0. The van der Waals surface area contributed by atoms with Gasteiger partial charge in [-0.25, -0.2) is 0 Å². The second-order valence-electron chi connectivity index (χ2n) is 6.21. The molecule has 1 aromatic rings. The lowest BCUT2D eigenvalue weighted by molar-refractivity contribution is 0.153. The first-order valence-electron chi connectivity index (χ1n) is 6.56. The van der Waals surface area contributed by atoms with Crippen LogP contribution in [-0.2, 0) is 0 Å². The Bertz CT molecular complexity index is 321. The summed E-state index contributed by atoms with van der Waals surface area (Å²) < 4.78 is 0. The van der Waals surface area contributed by atoms with Crippen LogP contribution in [0.25, 0.3) is 0 Å². The topological polar surface area (TPSA) is 37.8 Å². The molecule has 3 nitrogen and oxygen atoms in total. The van der Waals surface area contributed by atoms with Gasteiger partial charge >= 0.3 is 0 Å². The predicted octanol–water partition coefficient (Wildman–Crippen LogP) is 3.80. The molecule has 0 radical (unpaired) electrons. The van der Waals surface area contributed by atoms with E-state index in [-0.39, 0.29) is 0 Å². The van der Waals surface area contributed by atoms with Crippen molar-refractivity contribution in [2.24, 2.45) is 17.3 Å². The molecule has 0 saturated heterocycles. The Morgan fingerprint density at radius 2 is 2.00 bits per heavy atom. The molecule has 1 N–H and O–H groups in total. The van der Waals surface area contributed by atoms with Gasteiger partial charge in [0.2, 0.25) is 5.13 Å². The Kier molecular flexibility index (Phi) is 4.02. The SMILES string of the molecule is CC(C)(C)C1CCC(CNc2nncs2)CC1. The van der Waals surface area contributed by atoms with Crippen LogP contribution in [0.3, 0.4) is 0 Å². The van der Waals surface area contributed by atoms with Crippen LogP contribution in [0, 0.1) is 17.3 Å². The van der Waals surface area contributed by atoms with E-state index in [0.717, 1.165) is 23.5 Å². The number of hydrogen-bond acceptors (Lipinski definition) is 4. The summed E-state index contributed by atoms with van der Waals surface area (Å²) >= 11 is 1.58. The number of anilines is 1. The molecule has 0 aromatic carbocycles. The molecule has 4 heteroatoms. The van der Waals surface area contributed by atoms with Crippen LogP contribution in [0.1, 0.15) is 46.5 Å². The van der Waals surface area contributed by atoms with Gasteiger partial charge in [-0.3, -0.25) is 0 Å². The lowest BCUT2D eigenvalue weighted by Gasteiger charge is -2.37. The first-order valence-corrected chi connectivity index (χ1v) is 7.43. The molecule has 96 valence electrons. The third kappa shape index (κ3) is 3.66. The highest BCUT2D eigenvalue weighted by Gasteiger charge is 2.29. The smallest absolute Gasteiger partial charge is 0.205 e. The van der Waals surface area contributed by atoms with E-state index in [2.05, 4.69) is 36.3 Å². The van der Waals surface area contributed by atoms with Crippen molar-refractivity contribution >= 4 is 16.5 Å². The summed E-state index contributed by atoms with van der Waals surface area (Å²) in [6.07, 6.45) is 5.47. The van der Waals surface area contributed by atoms with Crippen LogP contribution in [0.4, 0.5) is 5.13 Å². The van der Waals surface area contributed by atoms with E-state index < -0.39 is 0 Å². The Hall–Kier alpha value is -0.640. The summed E-state index contributed by atoms with van der Waals surface area (Å²) in [5.41, 5.74) is 2.26. The van der Waals surface area contributed by atoms with E-state index in [1.54, 1.807) is 16.8 Å². The molecule has 17 heavy (non-hydrogen) atoms. The van der Waals surface area contributed by atoms with Crippen LogP contribution in [0.2, 0.25) is 0 Å². The monoisotopic (exact) mass is 253 g/mol. The standard InChI is InChI=1S/C13H23N3S/c1-13(2,3)11-6-4-10(5-7-11)8-14-12-16-15-9-17-12/h9-11H,4-8H2,1-3H3,(H,14,16). The predicted molar refractivity (Wildman–Crippen MR) is 73.3 cm³/mol. The van der Waals surface area contributed by atoms with Crippen LogP contribution in [0.15, 0.2) is 5.51 Å². The fourth-order valence-electron chi connectivity index (χ4n) is 2.71. The minimum Gasteiger partial charge on any atom is -0.360 e. The fraction of sp³-hybridized carbons (Fsp3) is 0.846. The third-order valence-electron chi connectivity index (χ3n) is 3.97. The second kappa shape index (κ2) is 5.34. The van der Waals surface area contributed by atoms with Gasteiger partial charge in [-0.15, -0.1) is 10.2 Å². The highest BCUT2D eigenvalue weighted by atomic mass is 32.1. The van der Waals surface area contributed by atoms with Crippen molar-refractivity contribution in [1.29, 1.82) is 0 Å². The zero-order valence-corrected chi connectivity index (χ0v) is 11.9. The van der Waals surface area contributed by atoms with E-state index in [1.807, 2.05) is 0 Å². The van der Waals surface area contributed by atoms with Gasteiger partial charge in [0.05, 0.1) is 0 Å². The molecule has 1 heterocycles. The van der Waals surface area contributed by atoms with Crippen molar-refractivity contribution in [3.8, 4) is 0 Å². The Balaban J connectivity index is 1.72. The normalized spacial score (nSPS) is 25.8. The molecule has 0 spiro atoms. The Morgan fingerprint density at radius 3 is 2.53 bits per heavy atom. The van der Waals surface area contributed by atoms with Gasteiger partial charge in [-0.1, -0.05) is 32.1 Å². The summed E-state index contributed by atoms with van der Waals surface area (Å²) in [5.74, 6) is 1.72. The van der Waals surface area contributed by atoms with Crippen molar-refractivity contribution in [2.75, 3.05) is 11.9 Å². The lowest BCUT2D eigenvalue weighted by Crippen LogP contribution is -2.28. The first kappa shape index (κ1) is 12.8. The molecule has 1 aliphatic carbocycles. The van der Waals surface area contributed by atoms with Gasteiger partial charge in [-0.05, 0) is 42.9 Å². The lowest BCUT2D eigenvalue weighted by atomic mass is 9.70. The largest absolute Gasteiger partial charge is 0.360 e.